The van der Waals surface area contributed by atoms with Crippen LogP contribution in [0.3, 0.4) is 0 Å². The minimum atomic E-state index is -0.0796. The first kappa shape index (κ1) is 10.8. The Hall–Kier alpha value is -1.23. The summed E-state index contributed by atoms with van der Waals surface area (Å²) in [4.78, 5) is 12.2. The molecule has 1 unspecified atom stereocenters. The van der Waals surface area contributed by atoms with E-state index in [4.69, 9.17) is 10.5 Å². The zero-order valence-corrected chi connectivity index (χ0v) is 8.82. The van der Waals surface area contributed by atoms with Gasteiger partial charge in [-0.1, -0.05) is 13.3 Å². The van der Waals surface area contributed by atoms with Crippen LogP contribution in [0, 0.1) is 6.92 Å². The topological polar surface area (TPSA) is 73.9 Å². The molecular formula is C9H16N4O. The van der Waals surface area contributed by atoms with Crippen LogP contribution >= 0.6 is 0 Å². The van der Waals surface area contributed by atoms with E-state index in [-0.39, 0.29) is 12.1 Å². The predicted molar refractivity (Wildman–Crippen MR) is 53.6 cm³/mol. The summed E-state index contributed by atoms with van der Waals surface area (Å²) in [6.07, 6.45) is 1.83. The van der Waals surface area contributed by atoms with E-state index in [1.807, 2.05) is 0 Å². The fourth-order valence-electron chi connectivity index (χ4n) is 1.28. The molecule has 2 N–H and O–H groups in total. The molecule has 1 atom stereocenters. The Morgan fingerprint density at radius 2 is 2.07 bits per heavy atom. The average Bonchev–Trinajstić information content (AvgIpc) is 2.12. The molecule has 1 aromatic heterocycles. The van der Waals surface area contributed by atoms with Gasteiger partial charge < -0.3 is 10.5 Å². The highest BCUT2D eigenvalue weighted by atomic mass is 16.5. The summed E-state index contributed by atoms with van der Waals surface area (Å²) in [5.74, 6) is 1.51. The number of hydrogen-bond acceptors (Lipinski definition) is 5. The second kappa shape index (κ2) is 4.85. The number of hydrogen-bond donors (Lipinski definition) is 1. The van der Waals surface area contributed by atoms with Crippen molar-refractivity contribution >= 4 is 5.95 Å². The largest absolute Gasteiger partial charge is 0.373 e. The standard InChI is InChI=1S/C9H16N4O/c1-4-5-7(14-3)8-11-6(2)12-9(10)13-8/h7H,4-5H2,1-3H3,(H2,10,11,12,13). The summed E-state index contributed by atoms with van der Waals surface area (Å²) in [6.45, 7) is 3.88. The van der Waals surface area contributed by atoms with Gasteiger partial charge >= 0.3 is 0 Å². The average molecular weight is 196 g/mol. The molecule has 0 radical (unpaired) electrons. The smallest absolute Gasteiger partial charge is 0.223 e. The number of nitrogens with zero attached hydrogens (tertiary/aromatic N) is 3. The Morgan fingerprint density at radius 3 is 2.57 bits per heavy atom. The summed E-state index contributed by atoms with van der Waals surface area (Å²) in [7, 11) is 1.65. The molecule has 14 heavy (non-hydrogen) atoms. The van der Waals surface area contributed by atoms with Crippen LogP contribution in [-0.2, 0) is 4.74 Å². The molecule has 0 fully saturated rings. The van der Waals surface area contributed by atoms with Crippen molar-refractivity contribution in [3.63, 3.8) is 0 Å². The van der Waals surface area contributed by atoms with Gasteiger partial charge in [0.1, 0.15) is 11.9 Å². The Kier molecular flexibility index (Phi) is 3.76. The maximum atomic E-state index is 5.53. The highest BCUT2D eigenvalue weighted by molar-refractivity contribution is 5.16. The van der Waals surface area contributed by atoms with E-state index in [1.165, 1.54) is 0 Å². The van der Waals surface area contributed by atoms with Gasteiger partial charge in [-0.25, -0.2) is 4.98 Å². The maximum absolute atomic E-state index is 5.53. The van der Waals surface area contributed by atoms with Gasteiger partial charge in [-0.05, 0) is 13.3 Å². The molecule has 1 aromatic rings. The Balaban J connectivity index is 2.91. The van der Waals surface area contributed by atoms with E-state index in [0.29, 0.717) is 11.6 Å². The van der Waals surface area contributed by atoms with Crippen molar-refractivity contribution in [1.29, 1.82) is 0 Å². The Labute approximate surface area is 83.7 Å². The van der Waals surface area contributed by atoms with E-state index in [0.717, 1.165) is 12.8 Å². The monoisotopic (exact) mass is 196 g/mol. The van der Waals surface area contributed by atoms with Crippen LogP contribution in [0.5, 0.6) is 0 Å². The zero-order valence-electron chi connectivity index (χ0n) is 8.82. The fraction of sp³-hybridized carbons (Fsp3) is 0.667. The van der Waals surface area contributed by atoms with Gasteiger partial charge in [0.15, 0.2) is 5.82 Å². The Bertz CT molecular complexity index is 283. The van der Waals surface area contributed by atoms with Crippen molar-refractivity contribution in [3.8, 4) is 0 Å². The van der Waals surface area contributed by atoms with Crippen LogP contribution in [0.2, 0.25) is 0 Å². The Morgan fingerprint density at radius 1 is 1.36 bits per heavy atom. The summed E-state index contributed by atoms with van der Waals surface area (Å²) in [5.41, 5.74) is 5.53. The van der Waals surface area contributed by atoms with Gasteiger partial charge in [0.05, 0.1) is 0 Å². The summed E-state index contributed by atoms with van der Waals surface area (Å²) >= 11 is 0. The first-order chi connectivity index (χ1) is 6.67. The number of anilines is 1. The van der Waals surface area contributed by atoms with E-state index in [2.05, 4.69) is 21.9 Å². The van der Waals surface area contributed by atoms with Crippen molar-refractivity contribution < 1.29 is 4.74 Å². The van der Waals surface area contributed by atoms with Crippen LogP contribution in [0.25, 0.3) is 0 Å². The van der Waals surface area contributed by atoms with E-state index >= 15 is 0 Å². The van der Waals surface area contributed by atoms with Crippen LogP contribution in [-0.4, -0.2) is 22.1 Å². The van der Waals surface area contributed by atoms with Crippen LogP contribution in [0.4, 0.5) is 5.95 Å². The molecular weight excluding hydrogens is 180 g/mol. The number of nitrogens with two attached hydrogens (primary N) is 1. The second-order valence-corrected chi connectivity index (χ2v) is 3.11. The molecule has 0 saturated heterocycles. The predicted octanol–water partition coefficient (Wildman–Crippen LogP) is 1.25. The first-order valence-electron chi connectivity index (χ1n) is 4.68. The van der Waals surface area contributed by atoms with Gasteiger partial charge in [-0.15, -0.1) is 0 Å². The molecule has 0 aromatic carbocycles. The summed E-state index contributed by atoms with van der Waals surface area (Å²) in [6, 6.07) is 0. The number of aromatic nitrogens is 3. The van der Waals surface area contributed by atoms with Crippen molar-refractivity contribution in [1.82, 2.24) is 15.0 Å². The quantitative estimate of drug-likeness (QED) is 0.784. The van der Waals surface area contributed by atoms with Crippen molar-refractivity contribution in [2.45, 2.75) is 32.8 Å². The van der Waals surface area contributed by atoms with Gasteiger partial charge in [0.2, 0.25) is 5.95 Å². The van der Waals surface area contributed by atoms with Crippen LogP contribution in [0.15, 0.2) is 0 Å². The van der Waals surface area contributed by atoms with Crippen molar-refractivity contribution in [2.24, 2.45) is 0 Å². The number of nitrogen functional groups attached to an aromatic ring is 1. The lowest BCUT2D eigenvalue weighted by Crippen LogP contribution is -2.11. The molecule has 0 amide bonds. The molecule has 78 valence electrons. The molecule has 0 bridgehead atoms. The van der Waals surface area contributed by atoms with Crippen molar-refractivity contribution in [2.75, 3.05) is 12.8 Å². The van der Waals surface area contributed by atoms with E-state index < -0.39 is 0 Å². The molecule has 0 saturated carbocycles. The van der Waals surface area contributed by atoms with Crippen molar-refractivity contribution in [3.05, 3.63) is 11.6 Å². The summed E-state index contributed by atoms with van der Waals surface area (Å²) < 4.78 is 5.28. The number of methoxy groups -OCH3 is 1. The third-order valence-corrected chi connectivity index (χ3v) is 1.91. The molecule has 0 aliphatic heterocycles. The lowest BCUT2D eigenvalue weighted by atomic mass is 10.2. The third kappa shape index (κ3) is 2.63. The molecule has 1 heterocycles. The highest BCUT2D eigenvalue weighted by Crippen LogP contribution is 2.18. The first-order valence-corrected chi connectivity index (χ1v) is 4.68. The maximum Gasteiger partial charge on any atom is 0.223 e. The number of rotatable bonds is 4. The lowest BCUT2D eigenvalue weighted by molar-refractivity contribution is 0.0874. The molecule has 0 aliphatic carbocycles. The second-order valence-electron chi connectivity index (χ2n) is 3.11. The van der Waals surface area contributed by atoms with Crippen LogP contribution in [0.1, 0.15) is 37.5 Å². The fourth-order valence-corrected chi connectivity index (χ4v) is 1.28. The molecule has 1 rings (SSSR count). The van der Waals surface area contributed by atoms with Gasteiger partial charge in [-0.2, -0.15) is 9.97 Å². The van der Waals surface area contributed by atoms with Gasteiger partial charge in [0, 0.05) is 7.11 Å². The van der Waals surface area contributed by atoms with E-state index in [1.54, 1.807) is 14.0 Å². The molecule has 5 nitrogen and oxygen atoms in total. The molecule has 0 aliphatic rings. The molecule has 5 heteroatoms. The number of aryl methyl sites for hydroxylation is 1. The zero-order chi connectivity index (χ0) is 10.6. The minimum Gasteiger partial charge on any atom is -0.373 e. The SMILES string of the molecule is CCCC(OC)c1nc(C)nc(N)n1. The molecule has 0 spiro atoms. The normalized spacial score (nSPS) is 12.8. The van der Waals surface area contributed by atoms with E-state index in [9.17, 15) is 0 Å². The lowest BCUT2D eigenvalue weighted by Gasteiger charge is -2.12. The van der Waals surface area contributed by atoms with Gasteiger partial charge in [0.25, 0.3) is 0 Å². The minimum absolute atomic E-state index is 0.0796. The highest BCUT2D eigenvalue weighted by Gasteiger charge is 2.13. The third-order valence-electron chi connectivity index (χ3n) is 1.91. The summed E-state index contributed by atoms with van der Waals surface area (Å²) in [5, 5.41) is 0. The van der Waals surface area contributed by atoms with Crippen LogP contribution < -0.4 is 5.73 Å². The number of ether oxygens (including phenoxy) is 1. The van der Waals surface area contributed by atoms with Gasteiger partial charge in [-0.3, -0.25) is 0 Å².